The first-order valence-corrected chi connectivity index (χ1v) is 9.61. The summed E-state index contributed by atoms with van der Waals surface area (Å²) in [7, 11) is -3.20. The summed E-state index contributed by atoms with van der Waals surface area (Å²) in [5, 5.41) is 2.90. The van der Waals surface area contributed by atoms with Crippen LogP contribution in [0.25, 0.3) is 4.91 Å². The fourth-order valence-corrected chi connectivity index (χ4v) is 4.50. The van der Waals surface area contributed by atoms with Crippen molar-refractivity contribution in [2.45, 2.75) is 19.3 Å². The number of hydrogen-bond acceptors (Lipinski definition) is 4. The summed E-state index contributed by atoms with van der Waals surface area (Å²) in [5.41, 5.74) is 1.09. The van der Waals surface area contributed by atoms with Gasteiger partial charge in [0, 0.05) is 25.3 Å². The van der Waals surface area contributed by atoms with Crippen molar-refractivity contribution >= 4 is 20.6 Å². The predicted octanol–water partition coefficient (Wildman–Crippen LogP) is 2.00. The Morgan fingerprint density at radius 1 is 1.35 bits per heavy atom. The largest absolute Gasteiger partial charge is 0.381 e. The monoisotopic (exact) mass is 335 g/mol. The molecule has 0 aliphatic carbocycles. The van der Waals surface area contributed by atoms with E-state index in [-0.39, 0.29) is 11.7 Å². The maximum Gasteiger partial charge on any atom is 0.251 e. The van der Waals surface area contributed by atoms with Gasteiger partial charge in [0.05, 0.1) is 10.7 Å². The molecule has 124 valence electrons. The SMILES string of the molecule is O=C(NCCC1CCOC1)c1cccc(C2=CCCS2(=O)=O)c1. The number of carbonyl (C=O) groups is 1. The maximum absolute atomic E-state index is 12.2. The highest BCUT2D eigenvalue weighted by molar-refractivity contribution is 8.00. The van der Waals surface area contributed by atoms with Crippen LogP contribution in [0.5, 0.6) is 0 Å². The minimum absolute atomic E-state index is 0.155. The molecule has 6 heteroatoms. The highest BCUT2D eigenvalue weighted by atomic mass is 32.2. The standard InChI is InChI=1S/C17H21NO4S/c19-17(18-8-6-13-7-9-22-12-13)15-4-1-3-14(11-15)16-5-2-10-23(16,20)21/h1,3-5,11,13H,2,6-10,12H2,(H,18,19). The van der Waals surface area contributed by atoms with Crippen molar-refractivity contribution < 1.29 is 17.9 Å². The Morgan fingerprint density at radius 3 is 2.91 bits per heavy atom. The molecular formula is C17H21NO4S. The smallest absolute Gasteiger partial charge is 0.251 e. The number of rotatable bonds is 5. The van der Waals surface area contributed by atoms with E-state index >= 15 is 0 Å². The molecule has 1 N–H and O–H groups in total. The molecule has 1 aromatic rings. The Balaban J connectivity index is 1.63. The summed E-state index contributed by atoms with van der Waals surface area (Å²) in [6.07, 6.45) is 4.23. The zero-order valence-corrected chi connectivity index (χ0v) is 13.8. The van der Waals surface area contributed by atoms with Crippen molar-refractivity contribution in [3.05, 3.63) is 41.5 Å². The molecule has 1 atom stereocenters. The number of ether oxygens (including phenoxy) is 1. The zero-order valence-electron chi connectivity index (χ0n) is 13.0. The van der Waals surface area contributed by atoms with Crippen LogP contribution in [-0.2, 0) is 14.6 Å². The van der Waals surface area contributed by atoms with Gasteiger partial charge in [-0.05, 0) is 42.9 Å². The number of amides is 1. The van der Waals surface area contributed by atoms with Crippen LogP contribution in [0.3, 0.4) is 0 Å². The molecule has 0 bridgehead atoms. The Hall–Kier alpha value is -1.66. The fraction of sp³-hybridized carbons (Fsp3) is 0.471. The molecule has 0 saturated carbocycles. The lowest BCUT2D eigenvalue weighted by Gasteiger charge is -2.10. The van der Waals surface area contributed by atoms with Gasteiger partial charge in [0.15, 0.2) is 9.84 Å². The first-order chi connectivity index (χ1) is 11.1. The van der Waals surface area contributed by atoms with Crippen LogP contribution in [0, 0.1) is 5.92 Å². The molecule has 1 saturated heterocycles. The van der Waals surface area contributed by atoms with E-state index in [0.29, 0.717) is 34.9 Å². The van der Waals surface area contributed by atoms with E-state index in [9.17, 15) is 13.2 Å². The van der Waals surface area contributed by atoms with Gasteiger partial charge in [-0.3, -0.25) is 4.79 Å². The second-order valence-electron chi connectivity index (χ2n) is 6.03. The average Bonchev–Trinajstić information content (AvgIpc) is 3.16. The molecule has 3 rings (SSSR count). The quantitative estimate of drug-likeness (QED) is 0.893. The molecule has 2 aliphatic heterocycles. The van der Waals surface area contributed by atoms with Gasteiger partial charge in [-0.25, -0.2) is 8.42 Å². The number of sulfone groups is 1. The van der Waals surface area contributed by atoms with Crippen molar-refractivity contribution in [3.8, 4) is 0 Å². The summed E-state index contributed by atoms with van der Waals surface area (Å²) in [6, 6.07) is 6.83. The molecule has 5 nitrogen and oxygen atoms in total. The Kier molecular flexibility index (Phi) is 4.82. The molecule has 1 aromatic carbocycles. The van der Waals surface area contributed by atoms with E-state index in [1.165, 1.54) is 0 Å². The lowest BCUT2D eigenvalue weighted by molar-refractivity contribution is 0.0950. The summed E-state index contributed by atoms with van der Waals surface area (Å²) in [6.45, 7) is 2.19. The first kappa shape index (κ1) is 16.2. The normalized spacial score (nSPS) is 22.8. The van der Waals surface area contributed by atoms with Crippen molar-refractivity contribution in [3.63, 3.8) is 0 Å². The first-order valence-electron chi connectivity index (χ1n) is 7.95. The van der Waals surface area contributed by atoms with Gasteiger partial charge >= 0.3 is 0 Å². The number of hydrogen-bond donors (Lipinski definition) is 1. The number of benzene rings is 1. The lowest BCUT2D eigenvalue weighted by atomic mass is 10.1. The minimum atomic E-state index is -3.20. The van der Waals surface area contributed by atoms with Gasteiger partial charge in [0.1, 0.15) is 0 Å². The second-order valence-corrected chi connectivity index (χ2v) is 8.11. The molecule has 0 aromatic heterocycles. The highest BCUT2D eigenvalue weighted by Gasteiger charge is 2.24. The zero-order chi connectivity index (χ0) is 16.3. The van der Waals surface area contributed by atoms with Crippen LogP contribution in [0.2, 0.25) is 0 Å². The van der Waals surface area contributed by atoms with E-state index in [1.54, 1.807) is 30.3 Å². The van der Waals surface area contributed by atoms with E-state index in [0.717, 1.165) is 26.1 Å². The van der Waals surface area contributed by atoms with E-state index in [1.807, 2.05) is 0 Å². The van der Waals surface area contributed by atoms with Crippen molar-refractivity contribution in [2.75, 3.05) is 25.5 Å². The maximum atomic E-state index is 12.2. The molecule has 1 amide bonds. The molecule has 1 fully saturated rings. The Morgan fingerprint density at radius 2 is 2.22 bits per heavy atom. The highest BCUT2D eigenvalue weighted by Crippen LogP contribution is 2.28. The molecule has 2 heterocycles. The van der Waals surface area contributed by atoms with Crippen LogP contribution in [0.15, 0.2) is 30.3 Å². The number of nitrogens with one attached hydrogen (secondary N) is 1. The van der Waals surface area contributed by atoms with Gasteiger partial charge in [-0.2, -0.15) is 0 Å². The van der Waals surface area contributed by atoms with Crippen molar-refractivity contribution in [1.82, 2.24) is 5.32 Å². The van der Waals surface area contributed by atoms with Crippen LogP contribution in [-0.4, -0.2) is 39.8 Å². The van der Waals surface area contributed by atoms with Gasteiger partial charge in [0.25, 0.3) is 5.91 Å². The molecule has 0 spiro atoms. The van der Waals surface area contributed by atoms with Gasteiger partial charge in [0.2, 0.25) is 0 Å². The second kappa shape index (κ2) is 6.84. The van der Waals surface area contributed by atoms with Gasteiger partial charge in [-0.15, -0.1) is 0 Å². The molecular weight excluding hydrogens is 314 g/mol. The topological polar surface area (TPSA) is 72.5 Å². The van der Waals surface area contributed by atoms with E-state index in [2.05, 4.69) is 5.32 Å². The van der Waals surface area contributed by atoms with Gasteiger partial charge in [-0.1, -0.05) is 18.2 Å². The Bertz CT molecular complexity index is 718. The predicted molar refractivity (Wildman–Crippen MR) is 88.7 cm³/mol. The summed E-state index contributed by atoms with van der Waals surface area (Å²) < 4.78 is 29.3. The minimum Gasteiger partial charge on any atom is -0.381 e. The number of carbonyl (C=O) groups excluding carboxylic acids is 1. The van der Waals surface area contributed by atoms with Crippen LogP contribution >= 0.6 is 0 Å². The third kappa shape index (κ3) is 3.82. The summed E-state index contributed by atoms with van der Waals surface area (Å²) >= 11 is 0. The van der Waals surface area contributed by atoms with Gasteiger partial charge < -0.3 is 10.1 Å². The third-order valence-electron chi connectivity index (χ3n) is 4.32. The summed E-state index contributed by atoms with van der Waals surface area (Å²) in [4.78, 5) is 12.6. The third-order valence-corrected chi connectivity index (χ3v) is 6.17. The molecule has 23 heavy (non-hydrogen) atoms. The van der Waals surface area contributed by atoms with Crippen LogP contribution in [0.4, 0.5) is 0 Å². The van der Waals surface area contributed by atoms with Crippen LogP contribution in [0.1, 0.15) is 35.2 Å². The fourth-order valence-electron chi connectivity index (χ4n) is 3.00. The average molecular weight is 335 g/mol. The van der Waals surface area contributed by atoms with E-state index in [4.69, 9.17) is 4.74 Å². The summed E-state index contributed by atoms with van der Waals surface area (Å²) in [5.74, 6) is 0.513. The van der Waals surface area contributed by atoms with Crippen molar-refractivity contribution in [1.29, 1.82) is 0 Å². The lowest BCUT2D eigenvalue weighted by Crippen LogP contribution is -2.26. The van der Waals surface area contributed by atoms with Crippen molar-refractivity contribution in [2.24, 2.45) is 5.92 Å². The van der Waals surface area contributed by atoms with E-state index < -0.39 is 9.84 Å². The molecule has 0 radical (unpaired) electrons. The van der Waals surface area contributed by atoms with Crippen LogP contribution < -0.4 is 5.32 Å². The number of allylic oxidation sites excluding steroid dienone is 1. The molecule has 2 aliphatic rings. The molecule has 1 unspecified atom stereocenters. The Labute approximate surface area is 136 Å².